The third kappa shape index (κ3) is 5.29. The van der Waals surface area contributed by atoms with Gasteiger partial charge in [0, 0.05) is 58.9 Å². The number of Topliss-reactive ketones (excluding diaryl/α,β-unsaturated/α-hetero) is 1. The van der Waals surface area contributed by atoms with Crippen molar-refractivity contribution in [3.63, 3.8) is 0 Å². The number of carbonyl (C=O) groups excluding carboxylic acids is 1. The monoisotopic (exact) mass is 629 g/mol. The van der Waals surface area contributed by atoms with Crippen LogP contribution in [0.15, 0.2) is 174 Å². The van der Waals surface area contributed by atoms with Gasteiger partial charge in [-0.3, -0.25) is 4.79 Å². The average Bonchev–Trinajstić information content (AvgIpc) is 3.10. The largest absolute Gasteiger partial charge is 0.507 e. The van der Waals surface area contributed by atoms with Crippen LogP contribution in [0.5, 0.6) is 5.75 Å². The number of phenols is 1. The van der Waals surface area contributed by atoms with Gasteiger partial charge in [-0.05, 0) is 55.3 Å². The van der Waals surface area contributed by atoms with Crippen molar-refractivity contribution in [2.24, 2.45) is 0 Å². The van der Waals surface area contributed by atoms with Gasteiger partial charge in [0.2, 0.25) is 22.9 Å². The summed E-state index contributed by atoms with van der Waals surface area (Å²) in [6.07, 6.45) is 3.49. The molecular weight excluding hydrogens is 596 g/mol. The van der Waals surface area contributed by atoms with Gasteiger partial charge in [0.1, 0.15) is 17.3 Å². The summed E-state index contributed by atoms with van der Waals surface area (Å²) in [6, 6.07) is 42.7. The van der Waals surface area contributed by atoms with Crippen LogP contribution in [0.1, 0.15) is 18.1 Å². The first-order valence-electron chi connectivity index (χ1n) is 15.7. The fourth-order valence-corrected chi connectivity index (χ4v) is 6.48. The third-order valence-electron chi connectivity index (χ3n) is 8.60. The zero-order valence-electron chi connectivity index (χ0n) is 26.5. The number of carbonyl (C=O) groups is 1. The maximum Gasteiger partial charge on any atom is 0.215 e. The molecule has 0 fully saturated rings. The van der Waals surface area contributed by atoms with E-state index in [0.717, 1.165) is 22.7 Å². The summed E-state index contributed by atoms with van der Waals surface area (Å²) in [4.78, 5) is 15.8. The van der Waals surface area contributed by atoms with Gasteiger partial charge in [-0.25, -0.2) is 0 Å². The lowest BCUT2D eigenvalue weighted by molar-refractivity contribution is -0.111. The van der Waals surface area contributed by atoms with E-state index in [1.165, 1.54) is 0 Å². The number of aromatic hydroxyl groups is 1. The van der Waals surface area contributed by atoms with Crippen LogP contribution < -0.4 is 9.48 Å². The number of hydrogen-bond acceptors (Lipinski definition) is 5. The number of benzene rings is 5. The van der Waals surface area contributed by atoms with E-state index in [4.69, 9.17) is 0 Å². The van der Waals surface area contributed by atoms with Gasteiger partial charge in [-0.15, -0.1) is 0 Å². The van der Waals surface area contributed by atoms with E-state index in [-0.39, 0.29) is 39.6 Å². The van der Waals surface area contributed by atoms with Crippen LogP contribution in [0.4, 0.5) is 28.4 Å². The number of allylic oxidation sites excluding steroid dienone is 5. The van der Waals surface area contributed by atoms with Crippen molar-refractivity contribution in [3.05, 3.63) is 185 Å². The first-order chi connectivity index (χ1) is 23.3. The van der Waals surface area contributed by atoms with Crippen molar-refractivity contribution in [3.8, 4) is 5.75 Å². The van der Waals surface area contributed by atoms with Crippen LogP contribution in [0.3, 0.4) is 0 Å². The first kappa shape index (κ1) is 30.3. The molecule has 0 saturated carbocycles. The Morgan fingerprint density at radius 3 is 1.52 bits per heavy atom. The van der Waals surface area contributed by atoms with Crippen molar-refractivity contribution >= 4 is 45.5 Å². The number of rotatable bonds is 6. The fraction of sp³-hybridized carbons (Fsp3) is 0.0476. The number of phenolic OH excluding ortho intramolecular Hbond substituents is 1. The number of aliphatic hydroxyl groups excluding tert-OH is 2. The highest BCUT2D eigenvalue weighted by Gasteiger charge is 2.41. The lowest BCUT2D eigenvalue weighted by atomic mass is 9.76. The number of para-hydroxylation sites is 4. The SMILES string of the molecule is CC1=CC(=[N+](c2ccccc2)c2ccccc2)C=C(O)/C1=C1\C(=O)C(c2c(C)cc(N(c3ccccc3)c3ccccc3)cc2O)=C1O. The Morgan fingerprint density at radius 2 is 1.06 bits per heavy atom. The number of aryl methyl sites for hydroxylation is 1. The van der Waals surface area contributed by atoms with Crippen molar-refractivity contribution in [1.82, 2.24) is 4.58 Å². The van der Waals surface area contributed by atoms with Crippen molar-refractivity contribution < 1.29 is 20.1 Å². The molecule has 0 atom stereocenters. The molecule has 0 amide bonds. The standard InChI is InChI=1S/C42H32N2O4/c1-27-23-33(43(29-15-7-3-8-16-29)30-17-9-4-10-18-30)25-35(45)37(27)39-41(47)40(42(39)48)38-28(2)24-34(26-36(38)46)44(31-19-11-5-12-20-31)32-21-13-6-14-22-32/h3-26H,1-2H3,(H2,45,46,47,48)/p+1. The second-order valence-electron chi connectivity index (χ2n) is 11.8. The van der Waals surface area contributed by atoms with Gasteiger partial charge in [0.05, 0.1) is 22.9 Å². The van der Waals surface area contributed by atoms with E-state index in [2.05, 4.69) is 0 Å². The second kappa shape index (κ2) is 12.4. The number of aliphatic hydroxyl groups is 2. The predicted molar refractivity (Wildman–Crippen MR) is 193 cm³/mol. The Balaban J connectivity index is 1.30. The maximum atomic E-state index is 13.8. The zero-order valence-corrected chi connectivity index (χ0v) is 26.5. The summed E-state index contributed by atoms with van der Waals surface area (Å²) in [6.45, 7) is 3.61. The van der Waals surface area contributed by atoms with Gasteiger partial charge >= 0.3 is 0 Å². The van der Waals surface area contributed by atoms with Crippen molar-refractivity contribution in [2.75, 3.05) is 4.90 Å². The third-order valence-corrected chi connectivity index (χ3v) is 8.60. The highest BCUT2D eigenvalue weighted by atomic mass is 16.3. The molecule has 2 aliphatic rings. The topological polar surface area (TPSA) is 84.0 Å². The number of ketones is 1. The summed E-state index contributed by atoms with van der Waals surface area (Å²) in [7, 11) is 0. The lowest BCUT2D eigenvalue weighted by Gasteiger charge is -2.29. The van der Waals surface area contributed by atoms with E-state index in [1.54, 1.807) is 26.0 Å². The molecule has 6 heteroatoms. The Labute approximate surface area is 279 Å². The highest BCUT2D eigenvalue weighted by molar-refractivity contribution is 6.40. The van der Waals surface area contributed by atoms with Gasteiger partial charge in [0.15, 0.2) is 0 Å². The van der Waals surface area contributed by atoms with Crippen LogP contribution in [-0.4, -0.2) is 26.8 Å². The van der Waals surface area contributed by atoms with E-state index >= 15 is 0 Å². The molecule has 0 unspecified atom stereocenters. The van der Waals surface area contributed by atoms with Crippen LogP contribution in [0.25, 0.3) is 5.57 Å². The Morgan fingerprint density at radius 1 is 0.562 bits per heavy atom. The van der Waals surface area contributed by atoms with Gasteiger partial charge in [-0.1, -0.05) is 72.8 Å². The zero-order chi connectivity index (χ0) is 33.4. The predicted octanol–water partition coefficient (Wildman–Crippen LogP) is 9.70. The van der Waals surface area contributed by atoms with Crippen LogP contribution in [0, 0.1) is 6.92 Å². The van der Waals surface area contributed by atoms with E-state index in [1.807, 2.05) is 143 Å². The summed E-state index contributed by atoms with van der Waals surface area (Å²) in [5, 5.41) is 34.1. The molecule has 6 nitrogen and oxygen atoms in total. The maximum absolute atomic E-state index is 13.8. The van der Waals surface area contributed by atoms with E-state index in [0.29, 0.717) is 22.5 Å². The number of nitrogens with zero attached hydrogens (tertiary/aromatic N) is 2. The molecule has 5 aromatic carbocycles. The van der Waals surface area contributed by atoms with Gasteiger partial charge in [-0.2, -0.15) is 4.58 Å². The van der Waals surface area contributed by atoms with Crippen LogP contribution in [-0.2, 0) is 4.79 Å². The number of hydrogen-bond donors (Lipinski definition) is 3. The molecule has 0 saturated heterocycles. The summed E-state index contributed by atoms with van der Waals surface area (Å²) in [5.41, 5.74) is 6.83. The molecule has 48 heavy (non-hydrogen) atoms. The molecule has 0 aromatic heterocycles. The molecule has 0 bridgehead atoms. The Hall–Kier alpha value is -6.40. The molecule has 0 spiro atoms. The average molecular weight is 630 g/mol. The van der Waals surface area contributed by atoms with Crippen molar-refractivity contribution in [1.29, 1.82) is 0 Å². The van der Waals surface area contributed by atoms with Gasteiger partial charge in [0.25, 0.3) is 0 Å². The summed E-state index contributed by atoms with van der Waals surface area (Å²) < 4.78 is 2.02. The normalized spacial score (nSPS) is 15.9. The summed E-state index contributed by atoms with van der Waals surface area (Å²) >= 11 is 0. The van der Waals surface area contributed by atoms with E-state index < -0.39 is 5.78 Å². The van der Waals surface area contributed by atoms with Gasteiger partial charge < -0.3 is 20.2 Å². The Kier molecular flexibility index (Phi) is 7.83. The second-order valence-corrected chi connectivity index (χ2v) is 11.8. The minimum absolute atomic E-state index is 0.0237. The highest BCUT2D eigenvalue weighted by Crippen LogP contribution is 2.47. The molecule has 0 aliphatic heterocycles. The molecule has 2 aliphatic carbocycles. The molecule has 0 heterocycles. The Bertz CT molecular complexity index is 2090. The van der Waals surface area contributed by atoms with E-state index in [9.17, 15) is 20.1 Å². The quantitative estimate of drug-likeness (QED) is 0.129. The minimum atomic E-state index is -0.448. The lowest BCUT2D eigenvalue weighted by Crippen LogP contribution is -2.26. The molecule has 3 N–H and O–H groups in total. The van der Waals surface area contributed by atoms with Crippen LogP contribution in [0.2, 0.25) is 0 Å². The minimum Gasteiger partial charge on any atom is -0.507 e. The molecule has 5 aromatic rings. The molecule has 0 radical (unpaired) electrons. The summed E-state index contributed by atoms with van der Waals surface area (Å²) in [5.74, 6) is -0.971. The fourth-order valence-electron chi connectivity index (χ4n) is 6.48. The smallest absolute Gasteiger partial charge is 0.215 e. The van der Waals surface area contributed by atoms with Crippen molar-refractivity contribution in [2.45, 2.75) is 13.8 Å². The molecule has 7 rings (SSSR count). The molecule has 234 valence electrons. The van der Waals surface area contributed by atoms with Crippen LogP contribution >= 0.6 is 0 Å². The first-order valence-corrected chi connectivity index (χ1v) is 15.7. The molecular formula is C42H33N2O4+. The number of anilines is 3.